The quantitative estimate of drug-likeness (QED) is 0.373. The van der Waals surface area contributed by atoms with E-state index in [0.717, 1.165) is 47.3 Å². The van der Waals surface area contributed by atoms with Gasteiger partial charge in [-0.05, 0) is 76.3 Å². The first-order chi connectivity index (χ1) is 16.5. The molecular formula is C26H43N5O2SSi. The molecule has 1 amide bonds. The summed E-state index contributed by atoms with van der Waals surface area (Å²) in [5, 5.41) is 8.12. The van der Waals surface area contributed by atoms with Crippen LogP contribution < -0.4 is 10.6 Å². The molecule has 9 heteroatoms. The number of thiophene rings is 1. The first-order valence-electron chi connectivity index (χ1n) is 13.1. The van der Waals surface area contributed by atoms with Crippen LogP contribution in [0.3, 0.4) is 0 Å². The van der Waals surface area contributed by atoms with Gasteiger partial charge >= 0.3 is 0 Å². The number of carbonyl (C=O) groups is 1. The Balaban J connectivity index is 1.43. The van der Waals surface area contributed by atoms with Crippen LogP contribution in [0.2, 0.25) is 18.1 Å². The molecule has 2 aromatic heterocycles. The number of anilines is 1. The number of rotatable bonds is 8. The van der Waals surface area contributed by atoms with Crippen LogP contribution in [0, 0.1) is 0 Å². The molecule has 0 bridgehead atoms. The Labute approximate surface area is 215 Å². The van der Waals surface area contributed by atoms with Gasteiger partial charge < -0.3 is 20.0 Å². The first-order valence-corrected chi connectivity index (χ1v) is 16.8. The molecule has 4 rings (SSSR count). The highest BCUT2D eigenvalue weighted by molar-refractivity contribution is 7.19. The molecule has 0 aromatic carbocycles. The number of amides is 1. The molecule has 2 aromatic rings. The van der Waals surface area contributed by atoms with Crippen LogP contribution in [0.1, 0.15) is 69.2 Å². The lowest BCUT2D eigenvalue weighted by molar-refractivity contribution is -0.122. The lowest BCUT2D eigenvalue weighted by Crippen LogP contribution is -2.43. The van der Waals surface area contributed by atoms with Crippen molar-refractivity contribution in [2.75, 3.05) is 32.6 Å². The monoisotopic (exact) mass is 517 g/mol. The van der Waals surface area contributed by atoms with Gasteiger partial charge in [-0.1, -0.05) is 20.8 Å². The Bertz CT molecular complexity index is 1040. The number of hydrogen-bond acceptors (Lipinski definition) is 7. The summed E-state index contributed by atoms with van der Waals surface area (Å²) in [5.41, 5.74) is 1.15. The van der Waals surface area contributed by atoms with Crippen molar-refractivity contribution in [2.45, 2.75) is 95.4 Å². The minimum absolute atomic E-state index is 0.101. The van der Waals surface area contributed by atoms with Crippen LogP contribution in [0.5, 0.6) is 0 Å². The molecule has 2 N–H and O–H groups in total. The summed E-state index contributed by atoms with van der Waals surface area (Å²) in [4.78, 5) is 27.1. The van der Waals surface area contributed by atoms with E-state index in [4.69, 9.17) is 4.43 Å². The number of aryl methyl sites for hydroxylation is 1. The Morgan fingerprint density at radius 1 is 1.17 bits per heavy atom. The maximum Gasteiger partial charge on any atom is 0.227 e. The predicted octanol–water partition coefficient (Wildman–Crippen LogP) is 5.14. The fraction of sp³-hybridized carbons (Fsp3) is 0.731. The van der Waals surface area contributed by atoms with Crippen molar-refractivity contribution in [3.63, 3.8) is 0 Å². The molecule has 0 aliphatic heterocycles. The van der Waals surface area contributed by atoms with E-state index < -0.39 is 8.32 Å². The minimum atomic E-state index is -1.81. The van der Waals surface area contributed by atoms with Crippen molar-refractivity contribution in [1.29, 1.82) is 0 Å². The fourth-order valence-electron chi connectivity index (χ4n) is 5.10. The van der Waals surface area contributed by atoms with Gasteiger partial charge in [0.05, 0.1) is 17.9 Å². The average molecular weight is 518 g/mol. The van der Waals surface area contributed by atoms with E-state index in [2.05, 4.69) is 73.5 Å². The van der Waals surface area contributed by atoms with Gasteiger partial charge in [0.25, 0.3) is 0 Å². The SMILES string of the molecule is CN(C)[C@H]1CC[C@H](Nc2ncnc3sc4c(c23)C(C(=O)NCCO[Si](C)(C)C(C)(C)C)CC4)CC1. The van der Waals surface area contributed by atoms with Gasteiger partial charge in [-0.2, -0.15) is 0 Å². The molecule has 0 radical (unpaired) electrons. The molecule has 1 saturated carbocycles. The van der Waals surface area contributed by atoms with Crippen LogP contribution in [0.4, 0.5) is 5.82 Å². The second-order valence-electron chi connectivity index (χ2n) is 11.9. The number of hydrogen-bond donors (Lipinski definition) is 2. The van der Waals surface area contributed by atoms with Crippen molar-refractivity contribution >= 4 is 41.6 Å². The predicted molar refractivity (Wildman–Crippen MR) is 148 cm³/mol. The third-order valence-electron chi connectivity index (χ3n) is 8.37. The van der Waals surface area contributed by atoms with Gasteiger partial charge in [0.15, 0.2) is 8.32 Å². The van der Waals surface area contributed by atoms with E-state index in [1.165, 1.54) is 17.7 Å². The number of aromatic nitrogens is 2. The van der Waals surface area contributed by atoms with Crippen molar-refractivity contribution in [2.24, 2.45) is 0 Å². The summed E-state index contributed by atoms with van der Waals surface area (Å²) in [5.74, 6) is 0.869. The summed E-state index contributed by atoms with van der Waals surface area (Å²) in [6.45, 7) is 12.3. The Morgan fingerprint density at radius 3 is 2.54 bits per heavy atom. The largest absolute Gasteiger partial charge is 0.415 e. The summed E-state index contributed by atoms with van der Waals surface area (Å²) in [7, 11) is 2.54. The lowest BCUT2D eigenvalue weighted by atomic mass is 9.90. The average Bonchev–Trinajstić information content (AvgIpc) is 3.36. The van der Waals surface area contributed by atoms with Gasteiger partial charge in [-0.3, -0.25) is 4.79 Å². The van der Waals surface area contributed by atoms with Crippen molar-refractivity contribution < 1.29 is 9.22 Å². The molecule has 2 aliphatic carbocycles. The fourth-order valence-corrected chi connectivity index (χ4v) is 7.36. The number of nitrogens with zero attached hydrogens (tertiary/aromatic N) is 3. The van der Waals surface area contributed by atoms with E-state index in [-0.39, 0.29) is 16.9 Å². The second kappa shape index (κ2) is 10.4. The normalized spacial score (nSPS) is 23.0. The van der Waals surface area contributed by atoms with Gasteiger partial charge in [0, 0.05) is 23.5 Å². The van der Waals surface area contributed by atoms with E-state index >= 15 is 0 Å². The number of fused-ring (bicyclic) bond motifs is 3. The summed E-state index contributed by atoms with van der Waals surface area (Å²) in [6, 6.07) is 1.08. The van der Waals surface area contributed by atoms with Gasteiger partial charge in [0.1, 0.15) is 17.0 Å². The highest BCUT2D eigenvalue weighted by atomic mass is 32.1. The highest BCUT2D eigenvalue weighted by Gasteiger charge is 2.37. The molecular weight excluding hydrogens is 474 g/mol. The highest BCUT2D eigenvalue weighted by Crippen LogP contribution is 2.45. The van der Waals surface area contributed by atoms with E-state index in [1.807, 2.05) is 0 Å². The molecule has 0 spiro atoms. The molecule has 1 fully saturated rings. The van der Waals surface area contributed by atoms with E-state index in [0.29, 0.717) is 25.2 Å². The van der Waals surface area contributed by atoms with Gasteiger partial charge in [-0.25, -0.2) is 9.97 Å². The van der Waals surface area contributed by atoms with Crippen molar-refractivity contribution in [3.8, 4) is 0 Å². The molecule has 0 saturated heterocycles. The molecule has 35 heavy (non-hydrogen) atoms. The van der Waals surface area contributed by atoms with Gasteiger partial charge in [0.2, 0.25) is 5.91 Å². The first kappa shape index (κ1) is 26.5. The smallest absolute Gasteiger partial charge is 0.227 e. The van der Waals surface area contributed by atoms with Crippen LogP contribution in [0.25, 0.3) is 10.2 Å². The van der Waals surface area contributed by atoms with E-state index in [9.17, 15) is 4.79 Å². The number of nitrogens with one attached hydrogen (secondary N) is 2. The Kier molecular flexibility index (Phi) is 7.90. The molecule has 2 aliphatic rings. The topological polar surface area (TPSA) is 79.4 Å². The number of carbonyl (C=O) groups excluding carboxylic acids is 1. The third kappa shape index (κ3) is 5.73. The summed E-state index contributed by atoms with van der Waals surface area (Å²) < 4.78 is 6.25. The van der Waals surface area contributed by atoms with E-state index in [1.54, 1.807) is 17.7 Å². The molecule has 194 valence electrons. The third-order valence-corrected chi connectivity index (χ3v) is 14.1. The summed E-state index contributed by atoms with van der Waals surface area (Å²) >= 11 is 1.73. The molecule has 1 unspecified atom stereocenters. The zero-order valence-electron chi connectivity index (χ0n) is 22.5. The van der Waals surface area contributed by atoms with Crippen LogP contribution in [-0.2, 0) is 15.6 Å². The maximum atomic E-state index is 13.3. The zero-order chi connectivity index (χ0) is 25.4. The lowest BCUT2D eigenvalue weighted by Gasteiger charge is -2.36. The molecule has 7 nitrogen and oxygen atoms in total. The zero-order valence-corrected chi connectivity index (χ0v) is 24.3. The maximum absolute atomic E-state index is 13.3. The molecule has 2 heterocycles. The standard InChI is InChI=1S/C26H43N5O2SSi/c1-26(2,3)35(6,7)33-15-14-27-24(32)19-12-13-20-21(19)22-23(28-16-29-25(22)34-20)30-17-8-10-18(11-9-17)31(4)5/h16-19H,8-15H2,1-7H3,(H,27,32)(H,28,29,30)/t17-,18-,19?. The van der Waals surface area contributed by atoms with Crippen LogP contribution in [-0.4, -0.2) is 68.4 Å². The second-order valence-corrected chi connectivity index (χ2v) is 17.8. The van der Waals surface area contributed by atoms with Gasteiger partial charge in [-0.15, -0.1) is 11.3 Å². The Hall–Kier alpha value is -1.55. The Morgan fingerprint density at radius 2 is 1.89 bits per heavy atom. The van der Waals surface area contributed by atoms with Crippen LogP contribution >= 0.6 is 11.3 Å². The molecule has 1 atom stereocenters. The summed E-state index contributed by atoms with van der Waals surface area (Å²) in [6.07, 6.45) is 8.12. The van der Waals surface area contributed by atoms with Crippen molar-refractivity contribution in [1.82, 2.24) is 20.2 Å². The van der Waals surface area contributed by atoms with Crippen molar-refractivity contribution in [3.05, 3.63) is 16.8 Å². The van der Waals surface area contributed by atoms with Crippen LogP contribution in [0.15, 0.2) is 6.33 Å². The minimum Gasteiger partial charge on any atom is -0.415 e.